The Balaban J connectivity index is 2.65. The van der Waals surface area contributed by atoms with Gasteiger partial charge < -0.3 is 14.6 Å². The number of aromatic carboxylic acids is 1. The maximum atomic E-state index is 10.7. The van der Waals surface area contributed by atoms with E-state index >= 15 is 0 Å². The van der Waals surface area contributed by atoms with Gasteiger partial charge in [-0.05, 0) is 0 Å². The minimum atomic E-state index is -1.16. The molecule has 0 unspecified atom stereocenters. The minimum Gasteiger partial charge on any atom is -0.477 e. The summed E-state index contributed by atoms with van der Waals surface area (Å²) in [6, 6.07) is 0. The Bertz CT molecular complexity index is 379. The predicted molar refractivity (Wildman–Crippen MR) is 42.3 cm³/mol. The number of carboxylic acid groups (broad SMARTS) is 1. The molecule has 6 heteroatoms. The highest BCUT2D eigenvalue weighted by Gasteiger charge is 2.25. The molecule has 2 rings (SSSR count). The monoisotopic (exact) mass is 201 g/mol. The average Bonchev–Trinajstić information content (AvgIpc) is 2.50. The van der Waals surface area contributed by atoms with Gasteiger partial charge in [-0.25, -0.2) is 9.78 Å². The van der Waals surface area contributed by atoms with E-state index in [0.29, 0.717) is 0 Å². The lowest BCUT2D eigenvalue weighted by Gasteiger charge is -2.01. The summed E-state index contributed by atoms with van der Waals surface area (Å²) in [4.78, 5) is 14.5. The zero-order chi connectivity index (χ0) is 9.42. The van der Waals surface area contributed by atoms with Crippen molar-refractivity contribution in [1.82, 2.24) is 4.98 Å². The summed E-state index contributed by atoms with van der Waals surface area (Å²) >= 11 is 5.62. The van der Waals surface area contributed by atoms with Gasteiger partial charge in [0, 0.05) is 0 Å². The van der Waals surface area contributed by atoms with Gasteiger partial charge in [-0.2, -0.15) is 0 Å². The van der Waals surface area contributed by atoms with Crippen LogP contribution >= 0.6 is 11.6 Å². The second-order valence-corrected chi connectivity index (χ2v) is 2.73. The van der Waals surface area contributed by atoms with E-state index in [-0.39, 0.29) is 29.0 Å². The first-order valence-electron chi connectivity index (χ1n) is 3.37. The molecule has 0 spiro atoms. The molecule has 1 aliphatic heterocycles. The fraction of sp³-hybridized carbons (Fsp3) is 0.143. The number of halogens is 1. The highest BCUT2D eigenvalue weighted by atomic mass is 35.5. The topological polar surface area (TPSA) is 68.7 Å². The molecule has 1 N–H and O–H groups in total. The number of pyridine rings is 1. The predicted octanol–water partition coefficient (Wildman–Crippen LogP) is 1.16. The van der Waals surface area contributed by atoms with Gasteiger partial charge in [-0.3, -0.25) is 0 Å². The van der Waals surface area contributed by atoms with Gasteiger partial charge in [0.25, 0.3) is 5.88 Å². The van der Waals surface area contributed by atoms with Crippen molar-refractivity contribution in [3.63, 3.8) is 0 Å². The van der Waals surface area contributed by atoms with Gasteiger partial charge in [0.1, 0.15) is 5.56 Å². The number of carbonyl (C=O) groups is 1. The van der Waals surface area contributed by atoms with Gasteiger partial charge in [0.15, 0.2) is 0 Å². The standard InChI is InChI=1S/C7H4ClNO4/c8-3-1-9-6-5(12-2-13-6)4(3)7(10)11/h1H,2H2,(H,10,11). The van der Waals surface area contributed by atoms with Crippen molar-refractivity contribution in [2.75, 3.05) is 6.79 Å². The Hall–Kier alpha value is -1.49. The molecular weight excluding hydrogens is 198 g/mol. The van der Waals surface area contributed by atoms with Crippen LogP contribution in [-0.2, 0) is 0 Å². The number of carboxylic acids is 1. The third kappa shape index (κ3) is 1.17. The van der Waals surface area contributed by atoms with Crippen LogP contribution in [0.3, 0.4) is 0 Å². The Morgan fingerprint density at radius 2 is 2.38 bits per heavy atom. The van der Waals surface area contributed by atoms with E-state index in [1.807, 2.05) is 0 Å². The summed E-state index contributed by atoms with van der Waals surface area (Å²) in [5.41, 5.74) is -0.107. The third-order valence-corrected chi connectivity index (χ3v) is 1.85. The van der Waals surface area contributed by atoms with E-state index in [1.54, 1.807) is 0 Å². The summed E-state index contributed by atoms with van der Waals surface area (Å²) in [6.07, 6.45) is 1.22. The van der Waals surface area contributed by atoms with Crippen LogP contribution in [0.25, 0.3) is 0 Å². The van der Waals surface area contributed by atoms with Crippen LogP contribution in [0.5, 0.6) is 11.6 Å². The molecule has 0 bridgehead atoms. The molecule has 0 saturated heterocycles. The van der Waals surface area contributed by atoms with Crippen molar-refractivity contribution in [2.45, 2.75) is 0 Å². The lowest BCUT2D eigenvalue weighted by molar-refractivity contribution is 0.0692. The van der Waals surface area contributed by atoms with Crippen molar-refractivity contribution in [1.29, 1.82) is 0 Å². The van der Waals surface area contributed by atoms with Crippen molar-refractivity contribution < 1.29 is 19.4 Å². The molecule has 68 valence electrons. The first-order chi connectivity index (χ1) is 6.20. The third-order valence-electron chi connectivity index (χ3n) is 1.57. The molecule has 0 atom stereocenters. The van der Waals surface area contributed by atoms with Crippen molar-refractivity contribution in [3.8, 4) is 11.6 Å². The first kappa shape index (κ1) is 8.12. The average molecular weight is 202 g/mol. The molecule has 5 nitrogen and oxygen atoms in total. The summed E-state index contributed by atoms with van der Waals surface area (Å²) in [5, 5.41) is 8.82. The van der Waals surface area contributed by atoms with E-state index in [1.165, 1.54) is 6.20 Å². The molecule has 0 aromatic carbocycles. The van der Waals surface area contributed by atoms with Gasteiger partial charge >= 0.3 is 5.97 Å². The fourth-order valence-electron chi connectivity index (χ4n) is 1.03. The van der Waals surface area contributed by atoms with E-state index in [9.17, 15) is 4.79 Å². The SMILES string of the molecule is O=C(O)c1c(Cl)cnc2c1OCO2. The van der Waals surface area contributed by atoms with Crippen molar-refractivity contribution in [3.05, 3.63) is 16.8 Å². The smallest absolute Gasteiger partial charge is 0.341 e. The zero-order valence-corrected chi connectivity index (χ0v) is 7.04. The molecule has 13 heavy (non-hydrogen) atoms. The van der Waals surface area contributed by atoms with Gasteiger partial charge in [-0.15, -0.1) is 0 Å². The molecule has 0 aliphatic carbocycles. The largest absolute Gasteiger partial charge is 0.477 e. The molecule has 1 aromatic heterocycles. The number of ether oxygens (including phenoxy) is 2. The highest BCUT2D eigenvalue weighted by molar-refractivity contribution is 6.33. The minimum absolute atomic E-state index is 0.0248. The highest BCUT2D eigenvalue weighted by Crippen LogP contribution is 2.36. The van der Waals surface area contributed by atoms with Gasteiger partial charge in [-0.1, -0.05) is 11.6 Å². The number of rotatable bonds is 1. The molecule has 0 fully saturated rings. The van der Waals surface area contributed by atoms with Gasteiger partial charge in [0.2, 0.25) is 12.5 Å². The Kier molecular flexibility index (Phi) is 1.73. The van der Waals surface area contributed by atoms with Crippen LogP contribution < -0.4 is 9.47 Å². The quantitative estimate of drug-likeness (QED) is 0.739. The van der Waals surface area contributed by atoms with Crippen LogP contribution in [0, 0.1) is 0 Å². The van der Waals surface area contributed by atoms with Crippen molar-refractivity contribution in [2.24, 2.45) is 0 Å². The molecule has 0 amide bonds. The molecule has 0 saturated carbocycles. The lowest BCUT2D eigenvalue weighted by Crippen LogP contribution is -2.00. The molecule has 1 aromatic rings. The first-order valence-corrected chi connectivity index (χ1v) is 3.75. The molecule has 2 heterocycles. The van der Waals surface area contributed by atoms with Crippen LogP contribution in [0.1, 0.15) is 10.4 Å². The van der Waals surface area contributed by atoms with E-state index in [0.717, 1.165) is 0 Å². The Morgan fingerprint density at radius 3 is 3.08 bits per heavy atom. The number of hydrogen-bond acceptors (Lipinski definition) is 4. The second kappa shape index (κ2) is 2.77. The number of aromatic nitrogens is 1. The lowest BCUT2D eigenvalue weighted by atomic mass is 10.2. The van der Waals surface area contributed by atoms with Crippen LogP contribution in [0.2, 0.25) is 5.02 Å². The number of fused-ring (bicyclic) bond motifs is 1. The van der Waals surface area contributed by atoms with Gasteiger partial charge in [0.05, 0.1) is 11.2 Å². The van der Waals surface area contributed by atoms with Crippen LogP contribution in [-0.4, -0.2) is 22.9 Å². The van der Waals surface area contributed by atoms with E-state index in [4.69, 9.17) is 26.2 Å². The summed E-state index contributed by atoms with van der Waals surface area (Å²) in [6.45, 7) is -0.0248. The normalized spacial score (nSPS) is 13.0. The zero-order valence-electron chi connectivity index (χ0n) is 6.28. The van der Waals surface area contributed by atoms with Crippen LogP contribution in [0.15, 0.2) is 6.20 Å². The van der Waals surface area contributed by atoms with E-state index < -0.39 is 5.97 Å². The number of hydrogen-bond donors (Lipinski definition) is 1. The molecular formula is C7H4ClNO4. The van der Waals surface area contributed by atoms with E-state index in [2.05, 4.69) is 4.98 Å². The Labute approximate surface area is 77.9 Å². The summed E-state index contributed by atoms with van der Waals surface area (Å²) < 4.78 is 9.81. The fourth-order valence-corrected chi connectivity index (χ4v) is 1.25. The molecule has 0 radical (unpaired) electrons. The molecule has 1 aliphatic rings. The van der Waals surface area contributed by atoms with Crippen molar-refractivity contribution >= 4 is 17.6 Å². The number of nitrogens with zero attached hydrogens (tertiary/aromatic N) is 1. The Morgan fingerprint density at radius 1 is 1.62 bits per heavy atom. The maximum Gasteiger partial charge on any atom is 0.341 e. The summed E-state index contributed by atoms with van der Waals surface area (Å²) in [7, 11) is 0. The second-order valence-electron chi connectivity index (χ2n) is 2.33. The van der Waals surface area contributed by atoms with Crippen LogP contribution in [0.4, 0.5) is 0 Å². The maximum absolute atomic E-state index is 10.7. The summed E-state index contributed by atoms with van der Waals surface area (Å²) in [5.74, 6) is -0.893.